The molecule has 3 aromatic rings. The first-order valence-electron chi connectivity index (χ1n) is 10.2. The number of carbonyl (C=O) groups excluding carboxylic acids is 1. The Labute approximate surface area is 194 Å². The summed E-state index contributed by atoms with van der Waals surface area (Å²) in [5, 5.41) is 0. The summed E-state index contributed by atoms with van der Waals surface area (Å²) in [7, 11) is 0.262. The van der Waals surface area contributed by atoms with Gasteiger partial charge < -0.3 is 14.2 Å². The lowest BCUT2D eigenvalue weighted by Crippen LogP contribution is -2.33. The van der Waals surface area contributed by atoms with Crippen molar-refractivity contribution >= 4 is 21.7 Å². The number of rotatable bonds is 8. The van der Waals surface area contributed by atoms with E-state index in [-0.39, 0.29) is 22.7 Å². The van der Waals surface area contributed by atoms with Gasteiger partial charge in [0.05, 0.1) is 44.0 Å². The van der Waals surface area contributed by atoms with E-state index in [1.54, 1.807) is 56.5 Å². The SMILES string of the molecule is COC(=O)c1cc(C)cc(C)c1N(Cc1cccc(OC)c1)S(=O)(=O)c1ccc(OC)cc1. The van der Waals surface area contributed by atoms with E-state index in [4.69, 9.17) is 14.2 Å². The fraction of sp³-hybridized carbons (Fsp3) is 0.240. The minimum absolute atomic E-state index is 0.0144. The van der Waals surface area contributed by atoms with Crippen LogP contribution < -0.4 is 13.8 Å². The molecule has 0 atom stereocenters. The van der Waals surface area contributed by atoms with E-state index in [1.165, 1.54) is 30.7 Å². The van der Waals surface area contributed by atoms with Crippen LogP contribution in [0.25, 0.3) is 0 Å². The molecule has 0 aliphatic carbocycles. The summed E-state index contributed by atoms with van der Waals surface area (Å²) in [5.41, 5.74) is 2.60. The Balaban J connectivity index is 2.24. The molecule has 0 spiro atoms. The molecule has 0 saturated carbocycles. The number of esters is 1. The largest absolute Gasteiger partial charge is 0.497 e. The van der Waals surface area contributed by atoms with E-state index < -0.39 is 16.0 Å². The first kappa shape index (κ1) is 24.1. The standard InChI is InChI=1S/C25H27NO6S/c1-17-13-18(2)24(23(14-17)25(27)32-5)26(16-19-7-6-8-21(15-19)31-4)33(28,29)22-11-9-20(30-3)10-12-22/h6-15H,16H2,1-5H3. The zero-order valence-electron chi connectivity index (χ0n) is 19.3. The summed E-state index contributed by atoms with van der Waals surface area (Å²) in [6, 6.07) is 16.7. The molecule has 0 amide bonds. The molecule has 0 fully saturated rings. The Bertz CT molecular complexity index is 1250. The maximum atomic E-state index is 13.9. The van der Waals surface area contributed by atoms with Gasteiger partial charge in [-0.25, -0.2) is 13.2 Å². The van der Waals surface area contributed by atoms with Gasteiger partial charge in [-0.05, 0) is 73.0 Å². The monoisotopic (exact) mass is 469 g/mol. The number of hydrogen-bond acceptors (Lipinski definition) is 6. The normalized spacial score (nSPS) is 11.1. The first-order chi connectivity index (χ1) is 15.7. The predicted octanol–water partition coefficient (Wildman–Crippen LogP) is 4.50. The van der Waals surface area contributed by atoms with Gasteiger partial charge in [-0.1, -0.05) is 18.2 Å². The molecule has 0 aliphatic rings. The van der Waals surface area contributed by atoms with E-state index in [0.717, 1.165) is 5.56 Å². The summed E-state index contributed by atoms with van der Waals surface area (Å²) in [4.78, 5) is 12.7. The molecule has 3 rings (SSSR count). The van der Waals surface area contributed by atoms with Crippen LogP contribution in [0, 0.1) is 13.8 Å². The van der Waals surface area contributed by atoms with Gasteiger partial charge in [-0.3, -0.25) is 4.31 Å². The van der Waals surface area contributed by atoms with Gasteiger partial charge >= 0.3 is 5.97 Å². The van der Waals surface area contributed by atoms with E-state index >= 15 is 0 Å². The molecule has 0 heterocycles. The van der Waals surface area contributed by atoms with Gasteiger partial charge in [0.2, 0.25) is 0 Å². The van der Waals surface area contributed by atoms with Crippen molar-refractivity contribution in [3.05, 3.63) is 82.9 Å². The topological polar surface area (TPSA) is 82.1 Å². The van der Waals surface area contributed by atoms with Crippen LogP contribution in [0.1, 0.15) is 27.0 Å². The minimum Gasteiger partial charge on any atom is -0.497 e. The zero-order valence-corrected chi connectivity index (χ0v) is 20.1. The van der Waals surface area contributed by atoms with Crippen molar-refractivity contribution in [3.63, 3.8) is 0 Å². The third-order valence-corrected chi connectivity index (χ3v) is 6.97. The average molecular weight is 470 g/mol. The minimum atomic E-state index is -4.07. The lowest BCUT2D eigenvalue weighted by Gasteiger charge is -2.28. The maximum absolute atomic E-state index is 13.9. The third kappa shape index (κ3) is 5.12. The van der Waals surface area contributed by atoms with Crippen LogP contribution in [0.4, 0.5) is 5.69 Å². The maximum Gasteiger partial charge on any atom is 0.340 e. The van der Waals surface area contributed by atoms with Crippen molar-refractivity contribution in [3.8, 4) is 11.5 Å². The van der Waals surface area contributed by atoms with Crippen LogP contribution >= 0.6 is 0 Å². The zero-order chi connectivity index (χ0) is 24.2. The Morgan fingerprint density at radius 1 is 0.879 bits per heavy atom. The van der Waals surface area contributed by atoms with Gasteiger partial charge in [0.1, 0.15) is 11.5 Å². The van der Waals surface area contributed by atoms with Crippen molar-refractivity contribution in [2.45, 2.75) is 25.3 Å². The van der Waals surface area contributed by atoms with Crippen LogP contribution in [0.2, 0.25) is 0 Å². The van der Waals surface area contributed by atoms with Crippen molar-refractivity contribution in [1.82, 2.24) is 0 Å². The molecule has 0 unspecified atom stereocenters. The highest BCUT2D eigenvalue weighted by molar-refractivity contribution is 7.92. The third-order valence-electron chi connectivity index (χ3n) is 5.21. The second kappa shape index (κ2) is 9.95. The van der Waals surface area contributed by atoms with Crippen molar-refractivity contribution in [2.24, 2.45) is 0 Å². The molecule has 7 nitrogen and oxygen atoms in total. The summed E-state index contributed by atoms with van der Waals surface area (Å²) in [6.07, 6.45) is 0. The second-order valence-electron chi connectivity index (χ2n) is 7.51. The number of ether oxygens (including phenoxy) is 3. The van der Waals surface area contributed by atoms with Crippen LogP contribution in [0.15, 0.2) is 65.6 Å². The molecule has 3 aromatic carbocycles. The fourth-order valence-corrected chi connectivity index (χ4v) is 5.19. The molecule has 174 valence electrons. The number of anilines is 1. The van der Waals surface area contributed by atoms with Crippen molar-refractivity contribution in [2.75, 3.05) is 25.6 Å². The summed E-state index contributed by atoms with van der Waals surface area (Å²) < 4.78 is 44.5. The Morgan fingerprint density at radius 2 is 1.55 bits per heavy atom. The van der Waals surface area contributed by atoms with Gasteiger partial charge in [-0.15, -0.1) is 0 Å². The van der Waals surface area contributed by atoms with E-state index in [1.807, 2.05) is 13.0 Å². The number of nitrogens with zero attached hydrogens (tertiary/aromatic N) is 1. The number of hydrogen-bond donors (Lipinski definition) is 0. The molecular weight excluding hydrogens is 442 g/mol. The number of methoxy groups -OCH3 is 3. The van der Waals surface area contributed by atoms with Crippen LogP contribution in [0.5, 0.6) is 11.5 Å². The van der Waals surface area contributed by atoms with Gasteiger partial charge in [0.25, 0.3) is 10.0 Å². The average Bonchev–Trinajstić information content (AvgIpc) is 2.82. The molecule has 0 N–H and O–H groups in total. The number of carbonyl (C=O) groups is 1. The lowest BCUT2D eigenvalue weighted by atomic mass is 10.0. The van der Waals surface area contributed by atoms with Crippen molar-refractivity contribution < 1.29 is 27.4 Å². The van der Waals surface area contributed by atoms with Crippen LogP contribution in [0.3, 0.4) is 0 Å². The lowest BCUT2D eigenvalue weighted by molar-refractivity contribution is 0.0601. The summed E-state index contributed by atoms with van der Waals surface area (Å²) in [5.74, 6) is 0.524. The van der Waals surface area contributed by atoms with E-state index in [9.17, 15) is 13.2 Å². The highest BCUT2D eigenvalue weighted by Crippen LogP contribution is 2.34. The molecule has 33 heavy (non-hydrogen) atoms. The molecule has 0 bridgehead atoms. The molecule has 0 radical (unpaired) electrons. The molecule has 0 aromatic heterocycles. The van der Waals surface area contributed by atoms with Crippen LogP contribution in [-0.2, 0) is 21.3 Å². The van der Waals surface area contributed by atoms with Crippen LogP contribution in [-0.4, -0.2) is 35.7 Å². The van der Waals surface area contributed by atoms with Gasteiger partial charge in [0.15, 0.2) is 0 Å². The number of sulfonamides is 1. The van der Waals surface area contributed by atoms with E-state index in [0.29, 0.717) is 22.6 Å². The van der Waals surface area contributed by atoms with E-state index in [2.05, 4.69) is 0 Å². The quantitative estimate of drug-likeness (QED) is 0.452. The molecule has 8 heteroatoms. The first-order valence-corrected chi connectivity index (χ1v) is 11.6. The Hall–Kier alpha value is -3.52. The molecular formula is C25H27NO6S. The van der Waals surface area contributed by atoms with Gasteiger partial charge in [-0.2, -0.15) is 0 Å². The fourth-order valence-electron chi connectivity index (χ4n) is 3.65. The number of benzene rings is 3. The highest BCUT2D eigenvalue weighted by Gasteiger charge is 2.31. The summed E-state index contributed by atoms with van der Waals surface area (Å²) in [6.45, 7) is 3.60. The predicted molar refractivity (Wildman–Crippen MR) is 127 cm³/mol. The Kier molecular flexibility index (Phi) is 7.28. The number of aryl methyl sites for hydroxylation is 2. The molecule has 0 saturated heterocycles. The molecule has 0 aliphatic heterocycles. The summed E-state index contributed by atoms with van der Waals surface area (Å²) >= 11 is 0. The highest BCUT2D eigenvalue weighted by atomic mass is 32.2. The van der Waals surface area contributed by atoms with Crippen molar-refractivity contribution in [1.29, 1.82) is 0 Å². The van der Waals surface area contributed by atoms with Gasteiger partial charge in [0, 0.05) is 0 Å². The second-order valence-corrected chi connectivity index (χ2v) is 9.37. The Morgan fingerprint density at radius 3 is 2.15 bits per heavy atom. The smallest absolute Gasteiger partial charge is 0.340 e.